The Bertz CT molecular complexity index is 363. The minimum Gasteiger partial charge on any atom is -0.320 e. The van der Waals surface area contributed by atoms with Crippen molar-refractivity contribution in [2.24, 2.45) is 5.73 Å². The van der Waals surface area contributed by atoms with Crippen LogP contribution in [0.5, 0.6) is 0 Å². The predicted molar refractivity (Wildman–Crippen MR) is 63.3 cm³/mol. The molecule has 0 radical (unpaired) electrons. The topological polar surface area (TPSA) is 80.9 Å². The summed E-state index contributed by atoms with van der Waals surface area (Å²) in [6.07, 6.45) is 1.48. The van der Waals surface area contributed by atoms with E-state index in [0.29, 0.717) is 17.3 Å². The fourth-order valence-electron chi connectivity index (χ4n) is 1.23. The van der Waals surface area contributed by atoms with E-state index < -0.39 is 6.04 Å². The molecule has 0 aliphatic heterocycles. The van der Waals surface area contributed by atoms with Crippen LogP contribution in [-0.4, -0.2) is 21.9 Å². The summed E-state index contributed by atoms with van der Waals surface area (Å²) < 4.78 is 0. The lowest BCUT2D eigenvalue weighted by molar-refractivity contribution is -0.117. The highest BCUT2D eigenvalue weighted by atomic mass is 35.5. The number of carbonyl (C=O) groups is 1. The van der Waals surface area contributed by atoms with Crippen molar-refractivity contribution < 1.29 is 4.79 Å². The van der Waals surface area contributed by atoms with Crippen LogP contribution in [0.2, 0.25) is 5.15 Å². The van der Waals surface area contributed by atoms with Crippen molar-refractivity contribution in [3.8, 4) is 0 Å². The zero-order valence-corrected chi connectivity index (χ0v) is 10.1. The number of aryl methyl sites for hydroxylation is 1. The number of rotatable bonds is 4. The maximum absolute atomic E-state index is 11.6. The third-order valence-corrected chi connectivity index (χ3v) is 2.19. The van der Waals surface area contributed by atoms with Crippen molar-refractivity contribution >= 4 is 23.5 Å². The molecular formula is C10H15ClN4O. The summed E-state index contributed by atoms with van der Waals surface area (Å²) in [5.74, 6) is -0.0925. The molecule has 0 saturated heterocycles. The van der Waals surface area contributed by atoms with Crippen molar-refractivity contribution in [1.29, 1.82) is 0 Å². The average Bonchev–Trinajstić information content (AvgIpc) is 2.16. The molecule has 88 valence electrons. The zero-order chi connectivity index (χ0) is 12.1. The standard InChI is InChI=1S/C10H15ClN4O/c1-3-4-7(12)9(16)15-10-13-6(2)5-8(11)14-10/h5,7H,3-4,12H2,1-2H3,(H,13,14,15,16)/t7-/m0/s1. The first kappa shape index (κ1) is 12.9. The van der Waals surface area contributed by atoms with E-state index in [1.54, 1.807) is 13.0 Å². The first-order chi connectivity index (χ1) is 7.52. The second-order valence-corrected chi connectivity index (χ2v) is 3.93. The van der Waals surface area contributed by atoms with E-state index in [4.69, 9.17) is 17.3 Å². The van der Waals surface area contributed by atoms with Gasteiger partial charge in [0.05, 0.1) is 6.04 Å². The molecule has 0 fully saturated rings. The Morgan fingerprint density at radius 2 is 2.31 bits per heavy atom. The van der Waals surface area contributed by atoms with Gasteiger partial charge in [-0.25, -0.2) is 9.97 Å². The van der Waals surface area contributed by atoms with Crippen LogP contribution < -0.4 is 11.1 Å². The Balaban J connectivity index is 2.69. The molecule has 1 heterocycles. The molecule has 0 spiro atoms. The molecule has 1 aromatic rings. The highest BCUT2D eigenvalue weighted by Gasteiger charge is 2.13. The lowest BCUT2D eigenvalue weighted by atomic mass is 10.2. The fraction of sp³-hybridized carbons (Fsp3) is 0.500. The smallest absolute Gasteiger partial charge is 0.243 e. The maximum Gasteiger partial charge on any atom is 0.243 e. The van der Waals surface area contributed by atoms with Gasteiger partial charge in [-0.1, -0.05) is 24.9 Å². The summed E-state index contributed by atoms with van der Waals surface area (Å²) in [4.78, 5) is 19.5. The Labute approximate surface area is 99.4 Å². The first-order valence-corrected chi connectivity index (χ1v) is 5.48. The number of anilines is 1. The van der Waals surface area contributed by atoms with Crippen LogP contribution >= 0.6 is 11.6 Å². The molecule has 1 amide bonds. The molecule has 0 aliphatic rings. The van der Waals surface area contributed by atoms with Crippen LogP contribution in [0.1, 0.15) is 25.5 Å². The quantitative estimate of drug-likeness (QED) is 0.784. The van der Waals surface area contributed by atoms with Gasteiger partial charge in [-0.05, 0) is 19.4 Å². The Hall–Kier alpha value is -1.20. The first-order valence-electron chi connectivity index (χ1n) is 5.10. The molecule has 1 atom stereocenters. The minimum atomic E-state index is -0.534. The molecular weight excluding hydrogens is 228 g/mol. The molecule has 0 aromatic carbocycles. The molecule has 5 nitrogen and oxygen atoms in total. The van der Waals surface area contributed by atoms with Crippen LogP contribution in [-0.2, 0) is 4.79 Å². The van der Waals surface area contributed by atoms with E-state index in [1.165, 1.54) is 0 Å². The summed E-state index contributed by atoms with van der Waals surface area (Å²) in [7, 11) is 0. The van der Waals surface area contributed by atoms with Gasteiger partial charge in [0.1, 0.15) is 5.15 Å². The monoisotopic (exact) mass is 242 g/mol. The number of hydrogen-bond acceptors (Lipinski definition) is 4. The summed E-state index contributed by atoms with van der Waals surface area (Å²) in [6, 6.07) is 1.08. The van der Waals surface area contributed by atoms with Gasteiger partial charge in [0.2, 0.25) is 11.9 Å². The van der Waals surface area contributed by atoms with Crippen molar-refractivity contribution in [2.45, 2.75) is 32.7 Å². The number of nitrogens with two attached hydrogens (primary N) is 1. The molecule has 1 rings (SSSR count). The lowest BCUT2D eigenvalue weighted by Gasteiger charge is -2.10. The molecule has 0 unspecified atom stereocenters. The number of amides is 1. The maximum atomic E-state index is 11.6. The fourth-order valence-corrected chi connectivity index (χ4v) is 1.47. The van der Waals surface area contributed by atoms with Gasteiger partial charge in [-0.2, -0.15) is 0 Å². The lowest BCUT2D eigenvalue weighted by Crippen LogP contribution is -2.35. The number of aromatic nitrogens is 2. The van der Waals surface area contributed by atoms with E-state index in [0.717, 1.165) is 6.42 Å². The average molecular weight is 243 g/mol. The SMILES string of the molecule is CCC[C@H](N)C(=O)Nc1nc(C)cc(Cl)n1. The Morgan fingerprint density at radius 3 is 2.88 bits per heavy atom. The van der Waals surface area contributed by atoms with Gasteiger partial charge in [0.15, 0.2) is 0 Å². The van der Waals surface area contributed by atoms with Gasteiger partial charge in [-0.3, -0.25) is 10.1 Å². The highest BCUT2D eigenvalue weighted by molar-refractivity contribution is 6.29. The molecule has 16 heavy (non-hydrogen) atoms. The normalized spacial score (nSPS) is 12.2. The number of nitrogens with one attached hydrogen (secondary N) is 1. The van der Waals surface area contributed by atoms with E-state index in [-0.39, 0.29) is 11.9 Å². The van der Waals surface area contributed by atoms with Crippen molar-refractivity contribution in [3.05, 3.63) is 16.9 Å². The van der Waals surface area contributed by atoms with Gasteiger partial charge < -0.3 is 5.73 Å². The van der Waals surface area contributed by atoms with Crippen LogP contribution in [0.4, 0.5) is 5.95 Å². The number of hydrogen-bond donors (Lipinski definition) is 2. The van der Waals surface area contributed by atoms with E-state index in [2.05, 4.69) is 15.3 Å². The van der Waals surface area contributed by atoms with Gasteiger partial charge in [0, 0.05) is 5.69 Å². The molecule has 0 saturated carbocycles. The molecule has 0 aliphatic carbocycles. The van der Waals surface area contributed by atoms with Crippen LogP contribution in [0, 0.1) is 6.92 Å². The molecule has 6 heteroatoms. The van der Waals surface area contributed by atoms with Gasteiger partial charge in [0.25, 0.3) is 0 Å². The molecule has 0 bridgehead atoms. The van der Waals surface area contributed by atoms with Crippen molar-refractivity contribution in [2.75, 3.05) is 5.32 Å². The van der Waals surface area contributed by atoms with E-state index in [9.17, 15) is 4.79 Å². The van der Waals surface area contributed by atoms with Crippen LogP contribution in [0.3, 0.4) is 0 Å². The van der Waals surface area contributed by atoms with Crippen LogP contribution in [0.25, 0.3) is 0 Å². The summed E-state index contributed by atoms with van der Waals surface area (Å²) in [6.45, 7) is 3.74. The largest absolute Gasteiger partial charge is 0.320 e. The Kier molecular flexibility index (Phi) is 4.64. The highest BCUT2D eigenvalue weighted by Crippen LogP contribution is 2.09. The third-order valence-electron chi connectivity index (χ3n) is 1.99. The summed E-state index contributed by atoms with van der Waals surface area (Å²) in [5.41, 5.74) is 6.34. The zero-order valence-electron chi connectivity index (χ0n) is 9.33. The Morgan fingerprint density at radius 1 is 1.62 bits per heavy atom. The van der Waals surface area contributed by atoms with Crippen molar-refractivity contribution in [3.63, 3.8) is 0 Å². The molecule has 3 N–H and O–H groups in total. The second-order valence-electron chi connectivity index (χ2n) is 3.54. The van der Waals surface area contributed by atoms with Gasteiger partial charge >= 0.3 is 0 Å². The summed E-state index contributed by atoms with van der Waals surface area (Å²) in [5, 5.41) is 2.84. The van der Waals surface area contributed by atoms with Crippen LogP contribution in [0.15, 0.2) is 6.07 Å². The number of halogens is 1. The second kappa shape index (κ2) is 5.77. The number of nitrogens with zero attached hydrogens (tertiary/aromatic N) is 2. The minimum absolute atomic E-state index is 0.196. The predicted octanol–water partition coefficient (Wildman–Crippen LogP) is 1.50. The van der Waals surface area contributed by atoms with Gasteiger partial charge in [-0.15, -0.1) is 0 Å². The van der Waals surface area contributed by atoms with Crippen molar-refractivity contribution in [1.82, 2.24) is 9.97 Å². The number of carbonyl (C=O) groups excluding carboxylic acids is 1. The van der Waals surface area contributed by atoms with E-state index >= 15 is 0 Å². The summed E-state index contributed by atoms with van der Waals surface area (Å²) >= 11 is 5.74. The third kappa shape index (κ3) is 3.75. The molecule has 1 aromatic heterocycles. The van der Waals surface area contributed by atoms with E-state index in [1.807, 2.05) is 6.92 Å².